The second-order valence-electron chi connectivity index (χ2n) is 8.27. The van der Waals surface area contributed by atoms with Crippen LogP contribution in [0.25, 0.3) is 22.2 Å². The van der Waals surface area contributed by atoms with E-state index in [2.05, 4.69) is 48.6 Å². The van der Waals surface area contributed by atoms with Crippen LogP contribution >= 0.6 is 0 Å². The number of carbonyl (C=O) groups excluding carboxylic acids is 1. The van der Waals surface area contributed by atoms with Crippen LogP contribution in [0.4, 0.5) is 0 Å². The average molecular weight is 422 g/mol. The largest absolute Gasteiger partial charge is 0.272 e. The minimum absolute atomic E-state index is 0.0979. The van der Waals surface area contributed by atoms with Crippen molar-refractivity contribution in [3.8, 4) is 11.3 Å². The predicted octanol–water partition coefficient (Wildman–Crippen LogP) is 6.54. The van der Waals surface area contributed by atoms with Gasteiger partial charge in [0.2, 0.25) is 0 Å². The second kappa shape index (κ2) is 9.56. The van der Waals surface area contributed by atoms with Crippen LogP contribution in [-0.2, 0) is 0 Å². The lowest BCUT2D eigenvalue weighted by molar-refractivity contribution is 0.0956. The van der Waals surface area contributed by atoms with Crippen LogP contribution in [-0.4, -0.2) is 17.1 Å². The van der Waals surface area contributed by atoms with Gasteiger partial charge in [-0.1, -0.05) is 93.6 Å². The topological polar surface area (TPSA) is 54.4 Å². The number of para-hydroxylation sites is 1. The first kappa shape index (κ1) is 21.4. The minimum Gasteiger partial charge on any atom is -0.267 e. The molecule has 0 radical (unpaired) electrons. The Labute approximate surface area is 189 Å². The highest BCUT2D eigenvalue weighted by Gasteiger charge is 2.14. The van der Waals surface area contributed by atoms with Crippen molar-refractivity contribution in [3.05, 3.63) is 102 Å². The fraction of sp³-hybridized carbons (Fsp3) is 0.179. The van der Waals surface area contributed by atoms with Crippen LogP contribution in [0.2, 0.25) is 0 Å². The standard InChI is InChI=1S/C28H27N3O/c1-19(2)21-13-15-23(16-14-21)27-17-25(24-11-7-8-12-26(24)30-27)28(32)31-29-18-20(3)22-9-5-4-6-10-22/h4-20H,1-3H3,(H,31,32). The number of rotatable bonds is 6. The molecule has 0 aliphatic heterocycles. The number of amides is 1. The van der Waals surface area contributed by atoms with Crippen molar-refractivity contribution in [1.29, 1.82) is 0 Å². The minimum atomic E-state index is -0.250. The number of nitrogens with one attached hydrogen (secondary N) is 1. The number of hydrogen-bond donors (Lipinski definition) is 1. The maximum Gasteiger partial charge on any atom is 0.272 e. The molecule has 4 nitrogen and oxygen atoms in total. The fourth-order valence-corrected chi connectivity index (χ4v) is 3.66. The summed E-state index contributed by atoms with van der Waals surface area (Å²) in [4.78, 5) is 17.8. The van der Waals surface area contributed by atoms with Crippen LogP contribution in [0.15, 0.2) is 90.0 Å². The van der Waals surface area contributed by atoms with E-state index < -0.39 is 0 Å². The fourth-order valence-electron chi connectivity index (χ4n) is 3.66. The molecule has 4 aromatic rings. The van der Waals surface area contributed by atoms with Gasteiger partial charge in [0.05, 0.1) is 16.8 Å². The molecule has 0 bridgehead atoms. The summed E-state index contributed by atoms with van der Waals surface area (Å²) in [7, 11) is 0. The Morgan fingerprint density at radius 1 is 0.875 bits per heavy atom. The quantitative estimate of drug-likeness (QED) is 0.284. The van der Waals surface area contributed by atoms with E-state index in [9.17, 15) is 4.79 Å². The molecule has 0 saturated heterocycles. The van der Waals surface area contributed by atoms with Gasteiger partial charge in [-0.2, -0.15) is 5.10 Å². The monoisotopic (exact) mass is 421 g/mol. The third-order valence-corrected chi connectivity index (χ3v) is 5.62. The van der Waals surface area contributed by atoms with Crippen molar-refractivity contribution in [2.75, 3.05) is 0 Å². The van der Waals surface area contributed by atoms with Crippen molar-refractivity contribution in [2.24, 2.45) is 5.10 Å². The van der Waals surface area contributed by atoms with Gasteiger partial charge >= 0.3 is 0 Å². The third-order valence-electron chi connectivity index (χ3n) is 5.62. The molecule has 4 heteroatoms. The van der Waals surface area contributed by atoms with Gasteiger partial charge in [-0.15, -0.1) is 0 Å². The molecular formula is C28H27N3O. The molecule has 32 heavy (non-hydrogen) atoms. The smallest absolute Gasteiger partial charge is 0.267 e. The summed E-state index contributed by atoms with van der Waals surface area (Å²) in [5, 5.41) is 5.02. The van der Waals surface area contributed by atoms with Gasteiger partial charge in [-0.05, 0) is 29.2 Å². The van der Waals surface area contributed by atoms with Crippen LogP contribution in [0.5, 0.6) is 0 Å². The van der Waals surface area contributed by atoms with Crippen LogP contribution in [0.1, 0.15) is 54.1 Å². The molecule has 1 aromatic heterocycles. The van der Waals surface area contributed by atoms with E-state index in [-0.39, 0.29) is 11.8 Å². The number of aromatic nitrogens is 1. The van der Waals surface area contributed by atoms with Gasteiger partial charge in [-0.3, -0.25) is 4.79 Å². The molecule has 1 unspecified atom stereocenters. The van der Waals surface area contributed by atoms with Crippen LogP contribution < -0.4 is 5.43 Å². The van der Waals surface area contributed by atoms with E-state index in [1.165, 1.54) is 5.56 Å². The Hall–Kier alpha value is -3.79. The molecule has 3 aromatic carbocycles. The van der Waals surface area contributed by atoms with Crippen molar-refractivity contribution >= 4 is 23.0 Å². The van der Waals surface area contributed by atoms with E-state index in [0.717, 1.165) is 27.7 Å². The number of pyridine rings is 1. The highest BCUT2D eigenvalue weighted by molar-refractivity contribution is 6.07. The summed E-state index contributed by atoms with van der Waals surface area (Å²) in [6, 6.07) is 28.0. The molecule has 1 heterocycles. The zero-order valence-electron chi connectivity index (χ0n) is 18.6. The molecule has 0 spiro atoms. The van der Waals surface area contributed by atoms with Crippen molar-refractivity contribution < 1.29 is 4.79 Å². The first-order valence-corrected chi connectivity index (χ1v) is 10.9. The molecule has 1 N–H and O–H groups in total. The summed E-state index contributed by atoms with van der Waals surface area (Å²) in [6.45, 7) is 6.39. The normalized spacial score (nSPS) is 12.4. The Bertz CT molecular complexity index is 1240. The lowest BCUT2D eigenvalue weighted by Crippen LogP contribution is -2.19. The molecule has 0 saturated carbocycles. The SMILES string of the molecule is CC(C)c1ccc(-c2cc(C(=O)NN=CC(C)c3ccccc3)c3ccccc3n2)cc1. The summed E-state index contributed by atoms with van der Waals surface area (Å²) in [5.74, 6) is 0.312. The summed E-state index contributed by atoms with van der Waals surface area (Å²) in [5.41, 5.74) is 8.21. The van der Waals surface area contributed by atoms with E-state index in [0.29, 0.717) is 11.5 Å². The first-order valence-electron chi connectivity index (χ1n) is 10.9. The number of fused-ring (bicyclic) bond motifs is 1. The molecule has 160 valence electrons. The van der Waals surface area contributed by atoms with Crippen LogP contribution in [0, 0.1) is 0 Å². The highest BCUT2D eigenvalue weighted by Crippen LogP contribution is 2.26. The highest BCUT2D eigenvalue weighted by atomic mass is 16.2. The van der Waals surface area contributed by atoms with Gasteiger partial charge in [0, 0.05) is 23.1 Å². The number of hydrazone groups is 1. The van der Waals surface area contributed by atoms with Crippen LogP contribution in [0.3, 0.4) is 0 Å². The zero-order valence-corrected chi connectivity index (χ0v) is 18.6. The van der Waals surface area contributed by atoms with Gasteiger partial charge in [-0.25, -0.2) is 10.4 Å². The Morgan fingerprint density at radius 2 is 1.56 bits per heavy atom. The van der Waals surface area contributed by atoms with Gasteiger partial charge < -0.3 is 0 Å². The summed E-state index contributed by atoms with van der Waals surface area (Å²) < 4.78 is 0. The molecule has 1 amide bonds. The van der Waals surface area contributed by atoms with E-state index in [1.54, 1.807) is 6.21 Å². The van der Waals surface area contributed by atoms with E-state index >= 15 is 0 Å². The van der Waals surface area contributed by atoms with Gasteiger partial charge in [0.25, 0.3) is 5.91 Å². The van der Waals surface area contributed by atoms with Gasteiger partial charge in [0.1, 0.15) is 0 Å². The average Bonchev–Trinajstić information content (AvgIpc) is 2.83. The van der Waals surface area contributed by atoms with E-state index in [1.807, 2.05) is 67.6 Å². The molecule has 4 rings (SSSR count). The van der Waals surface area contributed by atoms with Crippen molar-refractivity contribution in [2.45, 2.75) is 32.6 Å². The maximum atomic E-state index is 13.1. The first-order chi connectivity index (χ1) is 15.5. The molecule has 0 fully saturated rings. The predicted molar refractivity (Wildman–Crippen MR) is 132 cm³/mol. The Morgan fingerprint density at radius 3 is 2.28 bits per heavy atom. The zero-order chi connectivity index (χ0) is 22.5. The Balaban J connectivity index is 1.62. The number of hydrogen-bond acceptors (Lipinski definition) is 3. The summed E-state index contributed by atoms with van der Waals surface area (Å²) in [6.07, 6.45) is 1.75. The molecule has 1 atom stereocenters. The van der Waals surface area contributed by atoms with Gasteiger partial charge in [0.15, 0.2) is 0 Å². The molecule has 0 aliphatic carbocycles. The molecular weight excluding hydrogens is 394 g/mol. The van der Waals surface area contributed by atoms with Crippen molar-refractivity contribution in [1.82, 2.24) is 10.4 Å². The molecule has 0 aliphatic rings. The van der Waals surface area contributed by atoms with Crippen molar-refractivity contribution in [3.63, 3.8) is 0 Å². The lowest BCUT2D eigenvalue weighted by atomic mass is 9.99. The Kier molecular flexibility index (Phi) is 6.41. The third kappa shape index (κ3) is 4.75. The number of nitrogens with zero attached hydrogens (tertiary/aromatic N) is 2. The maximum absolute atomic E-state index is 13.1. The number of carbonyl (C=O) groups is 1. The lowest BCUT2D eigenvalue weighted by Gasteiger charge is -2.11. The summed E-state index contributed by atoms with van der Waals surface area (Å²) >= 11 is 0. The van der Waals surface area contributed by atoms with E-state index in [4.69, 9.17) is 4.98 Å². The second-order valence-corrected chi connectivity index (χ2v) is 8.27. The number of benzene rings is 3.